The topological polar surface area (TPSA) is 69.6 Å². The number of carboxylic acids is 1. The van der Waals surface area contributed by atoms with E-state index in [0.29, 0.717) is 22.3 Å². The molecule has 0 aliphatic carbocycles. The normalized spacial score (nSPS) is 11.0. The lowest BCUT2D eigenvalue weighted by Crippen LogP contribution is -2.39. The number of rotatable bonds is 7. The number of carbonyl (C=O) groups excluding carboxylic acids is 1. The van der Waals surface area contributed by atoms with Crippen LogP contribution in [0.2, 0.25) is 10.0 Å². The highest BCUT2D eigenvalue weighted by Crippen LogP contribution is 2.24. The molecule has 21 heavy (non-hydrogen) atoms. The molecule has 0 fully saturated rings. The van der Waals surface area contributed by atoms with E-state index in [0.717, 1.165) is 0 Å². The number of amides is 1. The van der Waals surface area contributed by atoms with Crippen LogP contribution in [0, 0.1) is 0 Å². The second kappa shape index (κ2) is 8.22. The van der Waals surface area contributed by atoms with Crippen molar-refractivity contribution < 1.29 is 14.7 Å². The summed E-state index contributed by atoms with van der Waals surface area (Å²) in [5, 5.41) is 12.2. The molecule has 1 rings (SSSR count). The molecular formula is C14H18Cl2N2O3. The largest absolute Gasteiger partial charge is 0.481 e. The molecule has 0 aromatic heterocycles. The Morgan fingerprint density at radius 3 is 2.48 bits per heavy atom. The smallest absolute Gasteiger partial charge is 0.304 e. The van der Waals surface area contributed by atoms with Crippen LogP contribution in [-0.4, -0.2) is 41.0 Å². The van der Waals surface area contributed by atoms with Gasteiger partial charge in [-0.15, -0.1) is 0 Å². The maximum Gasteiger partial charge on any atom is 0.304 e. The summed E-state index contributed by atoms with van der Waals surface area (Å²) in [6, 6.07) is 4.90. The number of aliphatic carboxylic acids is 1. The molecular weight excluding hydrogens is 315 g/mol. The van der Waals surface area contributed by atoms with Gasteiger partial charge >= 0.3 is 5.97 Å². The minimum absolute atomic E-state index is 0.00175. The molecule has 7 heteroatoms. The standard InChI is InChI=1S/C14H18Cl2N2O3/c1-9(2)18(6-5-14(20)21)8-13(19)17-10-3-4-11(15)12(16)7-10/h3-4,7,9H,5-6,8H2,1-2H3,(H,17,19)(H,20,21). The van der Waals surface area contributed by atoms with E-state index in [4.69, 9.17) is 28.3 Å². The fraction of sp³-hybridized carbons (Fsp3) is 0.429. The molecule has 5 nitrogen and oxygen atoms in total. The van der Waals surface area contributed by atoms with Crippen molar-refractivity contribution in [3.63, 3.8) is 0 Å². The van der Waals surface area contributed by atoms with E-state index in [1.165, 1.54) is 0 Å². The van der Waals surface area contributed by atoms with Crippen LogP contribution in [0.5, 0.6) is 0 Å². The number of carbonyl (C=O) groups is 2. The lowest BCUT2D eigenvalue weighted by atomic mass is 10.2. The number of anilines is 1. The maximum absolute atomic E-state index is 12.0. The summed E-state index contributed by atoms with van der Waals surface area (Å²) in [7, 11) is 0. The van der Waals surface area contributed by atoms with Crippen LogP contribution in [0.15, 0.2) is 18.2 Å². The van der Waals surface area contributed by atoms with Crippen molar-refractivity contribution in [2.45, 2.75) is 26.3 Å². The summed E-state index contributed by atoms with van der Waals surface area (Å²) in [5.41, 5.74) is 0.552. The van der Waals surface area contributed by atoms with Crippen molar-refractivity contribution >= 4 is 40.8 Å². The summed E-state index contributed by atoms with van der Waals surface area (Å²) in [5.74, 6) is -1.11. The second-order valence-electron chi connectivity index (χ2n) is 4.89. The predicted molar refractivity (Wildman–Crippen MR) is 84.1 cm³/mol. The van der Waals surface area contributed by atoms with Gasteiger partial charge in [-0.25, -0.2) is 0 Å². The van der Waals surface area contributed by atoms with Gasteiger partial charge in [-0.3, -0.25) is 14.5 Å². The summed E-state index contributed by atoms with van der Waals surface area (Å²) in [4.78, 5) is 24.4. The third-order valence-electron chi connectivity index (χ3n) is 2.89. The van der Waals surface area contributed by atoms with Crippen LogP contribution in [-0.2, 0) is 9.59 Å². The van der Waals surface area contributed by atoms with Crippen molar-refractivity contribution in [2.24, 2.45) is 0 Å². The van der Waals surface area contributed by atoms with E-state index in [2.05, 4.69) is 5.32 Å². The monoisotopic (exact) mass is 332 g/mol. The molecule has 0 radical (unpaired) electrons. The van der Waals surface area contributed by atoms with E-state index in [9.17, 15) is 9.59 Å². The van der Waals surface area contributed by atoms with Crippen LogP contribution in [0.25, 0.3) is 0 Å². The summed E-state index contributed by atoms with van der Waals surface area (Å²) < 4.78 is 0. The molecule has 0 unspecified atom stereocenters. The van der Waals surface area contributed by atoms with Crippen molar-refractivity contribution in [3.05, 3.63) is 28.2 Å². The average Bonchev–Trinajstić information content (AvgIpc) is 2.38. The quantitative estimate of drug-likeness (QED) is 0.804. The molecule has 1 aromatic rings. The van der Waals surface area contributed by atoms with Gasteiger partial charge in [0, 0.05) is 18.3 Å². The van der Waals surface area contributed by atoms with E-state index in [1.807, 2.05) is 13.8 Å². The van der Waals surface area contributed by atoms with E-state index in [1.54, 1.807) is 23.1 Å². The van der Waals surface area contributed by atoms with Gasteiger partial charge in [0.05, 0.1) is 23.0 Å². The highest BCUT2D eigenvalue weighted by Gasteiger charge is 2.15. The zero-order valence-corrected chi connectivity index (χ0v) is 13.4. The Hall–Kier alpha value is -1.30. The van der Waals surface area contributed by atoms with E-state index < -0.39 is 5.97 Å². The van der Waals surface area contributed by atoms with Crippen molar-refractivity contribution in [3.8, 4) is 0 Å². The predicted octanol–water partition coefficient (Wildman–Crippen LogP) is 3.12. The fourth-order valence-corrected chi connectivity index (χ4v) is 2.02. The fourth-order valence-electron chi connectivity index (χ4n) is 1.72. The van der Waals surface area contributed by atoms with Crippen LogP contribution in [0.4, 0.5) is 5.69 Å². The summed E-state index contributed by atoms with van der Waals surface area (Å²) >= 11 is 11.7. The molecule has 0 aliphatic heterocycles. The Morgan fingerprint density at radius 1 is 1.29 bits per heavy atom. The number of nitrogens with zero attached hydrogens (tertiary/aromatic N) is 1. The van der Waals surface area contributed by atoms with Gasteiger partial charge < -0.3 is 10.4 Å². The lowest BCUT2D eigenvalue weighted by molar-refractivity contribution is -0.137. The summed E-state index contributed by atoms with van der Waals surface area (Å²) in [6.45, 7) is 4.26. The number of hydrogen-bond acceptors (Lipinski definition) is 3. The molecule has 0 atom stereocenters. The van der Waals surface area contributed by atoms with Gasteiger partial charge in [0.2, 0.25) is 5.91 Å². The van der Waals surface area contributed by atoms with Gasteiger partial charge in [-0.1, -0.05) is 23.2 Å². The van der Waals surface area contributed by atoms with Crippen molar-refractivity contribution in [2.75, 3.05) is 18.4 Å². The molecule has 0 aliphatic rings. The molecule has 0 bridgehead atoms. The average molecular weight is 333 g/mol. The molecule has 0 heterocycles. The first kappa shape index (κ1) is 17.8. The molecule has 1 amide bonds. The van der Waals surface area contributed by atoms with Gasteiger partial charge in [-0.2, -0.15) is 0 Å². The number of halogens is 2. The first-order chi connectivity index (χ1) is 9.79. The third-order valence-corrected chi connectivity index (χ3v) is 3.63. The Bertz CT molecular complexity index is 521. The van der Waals surface area contributed by atoms with Crippen LogP contribution in [0.1, 0.15) is 20.3 Å². The maximum atomic E-state index is 12.0. The molecule has 2 N–H and O–H groups in total. The SMILES string of the molecule is CC(C)N(CCC(=O)O)CC(=O)Nc1ccc(Cl)c(Cl)c1. The number of carboxylic acid groups (broad SMARTS) is 1. The van der Waals surface area contributed by atoms with E-state index in [-0.39, 0.29) is 24.9 Å². The van der Waals surface area contributed by atoms with Crippen LogP contribution >= 0.6 is 23.2 Å². The third kappa shape index (κ3) is 6.33. The van der Waals surface area contributed by atoms with Crippen molar-refractivity contribution in [1.82, 2.24) is 4.90 Å². The molecule has 116 valence electrons. The molecule has 0 spiro atoms. The Balaban J connectivity index is 2.60. The Labute approximate surface area is 133 Å². The van der Waals surface area contributed by atoms with Gasteiger partial charge in [-0.05, 0) is 32.0 Å². The van der Waals surface area contributed by atoms with Gasteiger partial charge in [0.25, 0.3) is 0 Å². The van der Waals surface area contributed by atoms with Gasteiger partial charge in [0.1, 0.15) is 0 Å². The minimum atomic E-state index is -0.884. The molecule has 0 saturated heterocycles. The Kier molecular flexibility index (Phi) is 6.95. The number of nitrogens with one attached hydrogen (secondary N) is 1. The summed E-state index contributed by atoms with van der Waals surface area (Å²) in [6.07, 6.45) is -0.00175. The van der Waals surface area contributed by atoms with Crippen LogP contribution < -0.4 is 5.32 Å². The lowest BCUT2D eigenvalue weighted by Gasteiger charge is -2.25. The first-order valence-electron chi connectivity index (χ1n) is 6.50. The molecule has 1 aromatic carbocycles. The minimum Gasteiger partial charge on any atom is -0.481 e. The van der Waals surface area contributed by atoms with Crippen molar-refractivity contribution in [1.29, 1.82) is 0 Å². The second-order valence-corrected chi connectivity index (χ2v) is 5.70. The zero-order valence-electron chi connectivity index (χ0n) is 11.9. The van der Waals surface area contributed by atoms with E-state index >= 15 is 0 Å². The number of hydrogen-bond donors (Lipinski definition) is 2. The number of benzene rings is 1. The first-order valence-corrected chi connectivity index (χ1v) is 7.26. The Morgan fingerprint density at radius 2 is 1.95 bits per heavy atom. The van der Waals surface area contributed by atoms with Gasteiger partial charge in [0.15, 0.2) is 0 Å². The van der Waals surface area contributed by atoms with Crippen LogP contribution in [0.3, 0.4) is 0 Å². The highest BCUT2D eigenvalue weighted by molar-refractivity contribution is 6.42. The molecule has 0 saturated carbocycles. The highest BCUT2D eigenvalue weighted by atomic mass is 35.5. The zero-order chi connectivity index (χ0) is 16.0.